The summed E-state index contributed by atoms with van der Waals surface area (Å²) in [6.07, 6.45) is -3.08. The summed E-state index contributed by atoms with van der Waals surface area (Å²) in [4.78, 5) is 27.9. The van der Waals surface area contributed by atoms with Crippen molar-refractivity contribution in [2.45, 2.75) is 25.4 Å². The van der Waals surface area contributed by atoms with Gasteiger partial charge in [-0.05, 0) is 55.2 Å². The van der Waals surface area contributed by atoms with Crippen LogP contribution in [0, 0.1) is 5.41 Å². The summed E-state index contributed by atoms with van der Waals surface area (Å²) in [6, 6.07) is 9.82. The molecule has 1 atom stereocenters. The smallest absolute Gasteiger partial charge is 0.416 e. The lowest BCUT2D eigenvalue weighted by molar-refractivity contribution is -0.158. The number of para-hydroxylation sites is 2. The first kappa shape index (κ1) is 22.4. The molecule has 2 aromatic carbocycles. The molecule has 0 saturated carbocycles. The molecular formula is C23H22F3NO4. The molecular weight excluding hydrogens is 411 g/mol. The SMILES string of the molecule is C=CCC1(C(=O)OC)CCc2cc(C(F)(F)F)ccc2N(c2ccccc2OC)C1=O. The van der Waals surface area contributed by atoms with Crippen LogP contribution in [0.25, 0.3) is 0 Å². The zero-order valence-corrected chi connectivity index (χ0v) is 17.2. The Bertz CT molecular complexity index is 1020. The lowest BCUT2D eigenvalue weighted by atomic mass is 9.78. The first-order valence-corrected chi connectivity index (χ1v) is 9.56. The molecule has 2 aromatic rings. The molecule has 0 saturated heterocycles. The summed E-state index contributed by atoms with van der Waals surface area (Å²) in [5.74, 6) is -1.04. The number of hydrogen-bond acceptors (Lipinski definition) is 4. The highest BCUT2D eigenvalue weighted by atomic mass is 19.4. The fourth-order valence-electron chi connectivity index (χ4n) is 3.92. The second-order valence-corrected chi connectivity index (χ2v) is 7.22. The second kappa shape index (κ2) is 8.45. The quantitative estimate of drug-likeness (QED) is 0.376. The molecule has 1 aliphatic rings. The van der Waals surface area contributed by atoms with Crippen LogP contribution in [0.3, 0.4) is 0 Å². The van der Waals surface area contributed by atoms with Gasteiger partial charge in [-0.15, -0.1) is 6.58 Å². The Morgan fingerprint density at radius 1 is 1.19 bits per heavy atom. The average Bonchev–Trinajstić information content (AvgIpc) is 2.87. The molecule has 164 valence electrons. The van der Waals surface area contributed by atoms with Gasteiger partial charge in [-0.3, -0.25) is 14.5 Å². The monoisotopic (exact) mass is 433 g/mol. The summed E-state index contributed by atoms with van der Waals surface area (Å²) in [7, 11) is 2.60. The van der Waals surface area contributed by atoms with Gasteiger partial charge >= 0.3 is 12.1 Å². The molecule has 0 aliphatic carbocycles. The van der Waals surface area contributed by atoms with E-state index in [1.807, 2.05) is 0 Å². The largest absolute Gasteiger partial charge is 0.495 e. The highest BCUT2D eigenvalue weighted by molar-refractivity contribution is 6.15. The van der Waals surface area contributed by atoms with Gasteiger partial charge in [0.1, 0.15) is 5.75 Å². The molecule has 1 unspecified atom stereocenters. The van der Waals surface area contributed by atoms with Crippen LogP contribution in [0.5, 0.6) is 5.75 Å². The molecule has 0 aromatic heterocycles. The molecule has 0 spiro atoms. The third-order valence-corrected chi connectivity index (χ3v) is 5.48. The number of methoxy groups -OCH3 is 2. The predicted octanol–water partition coefficient (Wildman–Crippen LogP) is 5.06. The number of esters is 1. The van der Waals surface area contributed by atoms with Crippen LogP contribution in [0.1, 0.15) is 24.0 Å². The fraction of sp³-hybridized carbons (Fsp3) is 0.304. The maximum absolute atomic E-state index is 13.9. The lowest BCUT2D eigenvalue weighted by Crippen LogP contribution is -2.47. The first-order valence-electron chi connectivity index (χ1n) is 9.56. The van der Waals surface area contributed by atoms with Gasteiger partial charge in [-0.2, -0.15) is 13.2 Å². The van der Waals surface area contributed by atoms with Crippen LogP contribution >= 0.6 is 0 Å². The molecule has 1 aliphatic heterocycles. The van der Waals surface area contributed by atoms with E-state index < -0.39 is 29.0 Å². The van der Waals surface area contributed by atoms with E-state index in [1.165, 1.54) is 31.3 Å². The minimum atomic E-state index is -4.54. The summed E-state index contributed by atoms with van der Waals surface area (Å²) in [6.45, 7) is 3.66. The summed E-state index contributed by atoms with van der Waals surface area (Å²) >= 11 is 0. The zero-order valence-electron chi connectivity index (χ0n) is 17.2. The lowest BCUT2D eigenvalue weighted by Gasteiger charge is -2.33. The van der Waals surface area contributed by atoms with Crippen molar-refractivity contribution in [2.75, 3.05) is 19.1 Å². The van der Waals surface area contributed by atoms with E-state index in [2.05, 4.69) is 6.58 Å². The molecule has 0 radical (unpaired) electrons. The van der Waals surface area contributed by atoms with Crippen molar-refractivity contribution in [1.29, 1.82) is 0 Å². The van der Waals surface area contributed by atoms with Gasteiger partial charge in [0.25, 0.3) is 0 Å². The van der Waals surface area contributed by atoms with Gasteiger partial charge < -0.3 is 9.47 Å². The number of benzene rings is 2. The molecule has 5 nitrogen and oxygen atoms in total. The Hall–Kier alpha value is -3.29. The number of halogens is 3. The van der Waals surface area contributed by atoms with Crippen LogP contribution in [-0.4, -0.2) is 26.1 Å². The Balaban J connectivity index is 2.30. The Kier molecular flexibility index (Phi) is 6.10. The van der Waals surface area contributed by atoms with E-state index in [4.69, 9.17) is 9.47 Å². The highest BCUT2D eigenvalue weighted by Gasteiger charge is 2.51. The number of ether oxygens (including phenoxy) is 2. The second-order valence-electron chi connectivity index (χ2n) is 7.22. The molecule has 3 rings (SSSR count). The topological polar surface area (TPSA) is 55.8 Å². The maximum Gasteiger partial charge on any atom is 0.416 e. The Morgan fingerprint density at radius 2 is 1.90 bits per heavy atom. The van der Waals surface area contributed by atoms with Crippen molar-refractivity contribution in [3.63, 3.8) is 0 Å². The van der Waals surface area contributed by atoms with E-state index in [1.54, 1.807) is 24.3 Å². The van der Waals surface area contributed by atoms with Gasteiger partial charge in [0.15, 0.2) is 5.41 Å². The van der Waals surface area contributed by atoms with Crippen LogP contribution in [0.4, 0.5) is 24.5 Å². The highest BCUT2D eigenvalue weighted by Crippen LogP contribution is 2.46. The van der Waals surface area contributed by atoms with E-state index in [9.17, 15) is 22.8 Å². The number of anilines is 2. The van der Waals surface area contributed by atoms with Crippen molar-refractivity contribution < 1.29 is 32.2 Å². The van der Waals surface area contributed by atoms with E-state index in [0.717, 1.165) is 12.1 Å². The number of allylic oxidation sites excluding steroid dienone is 1. The number of nitrogens with zero attached hydrogens (tertiary/aromatic N) is 1. The molecule has 8 heteroatoms. The number of hydrogen-bond donors (Lipinski definition) is 0. The number of amides is 1. The molecule has 1 amide bonds. The Labute approximate surface area is 178 Å². The number of carbonyl (C=O) groups is 2. The van der Waals surface area contributed by atoms with Crippen molar-refractivity contribution in [2.24, 2.45) is 5.41 Å². The first-order chi connectivity index (χ1) is 14.7. The van der Waals surface area contributed by atoms with Gasteiger partial charge in [0.05, 0.1) is 31.2 Å². The third-order valence-electron chi connectivity index (χ3n) is 5.48. The van der Waals surface area contributed by atoms with Crippen molar-refractivity contribution >= 4 is 23.3 Å². The van der Waals surface area contributed by atoms with E-state index in [-0.39, 0.29) is 24.9 Å². The van der Waals surface area contributed by atoms with Gasteiger partial charge in [0.2, 0.25) is 5.91 Å². The minimum Gasteiger partial charge on any atom is -0.495 e. The zero-order chi connectivity index (χ0) is 22.8. The van der Waals surface area contributed by atoms with Gasteiger partial charge in [0, 0.05) is 0 Å². The molecule has 0 bridgehead atoms. The van der Waals surface area contributed by atoms with Crippen LogP contribution in [0.15, 0.2) is 55.1 Å². The third kappa shape index (κ3) is 3.89. The number of aryl methyl sites for hydroxylation is 1. The van der Waals surface area contributed by atoms with Crippen LogP contribution < -0.4 is 9.64 Å². The van der Waals surface area contributed by atoms with Crippen molar-refractivity contribution in [3.05, 3.63) is 66.2 Å². The number of alkyl halides is 3. The molecule has 0 N–H and O–H groups in total. The van der Waals surface area contributed by atoms with Crippen molar-refractivity contribution in [1.82, 2.24) is 0 Å². The summed E-state index contributed by atoms with van der Waals surface area (Å²) < 4.78 is 50.4. The van der Waals surface area contributed by atoms with E-state index >= 15 is 0 Å². The molecule has 31 heavy (non-hydrogen) atoms. The van der Waals surface area contributed by atoms with Gasteiger partial charge in [-0.25, -0.2) is 0 Å². The van der Waals surface area contributed by atoms with E-state index in [0.29, 0.717) is 17.0 Å². The average molecular weight is 433 g/mol. The normalized spacial score (nSPS) is 18.7. The standard InChI is InChI=1S/C23H22F3NO4/c1-4-12-22(21(29)31-3)13-11-15-14-16(23(24,25)26)9-10-17(15)27(20(22)28)18-7-5-6-8-19(18)30-2/h4-10,14H,1,11-13H2,2-3H3. The maximum atomic E-state index is 13.9. The Morgan fingerprint density at radius 3 is 2.52 bits per heavy atom. The molecule has 1 heterocycles. The summed E-state index contributed by atoms with van der Waals surface area (Å²) in [5, 5.41) is 0. The number of carbonyl (C=O) groups excluding carboxylic acids is 2. The van der Waals surface area contributed by atoms with Gasteiger partial charge in [-0.1, -0.05) is 18.2 Å². The van der Waals surface area contributed by atoms with Crippen LogP contribution in [-0.2, 0) is 26.9 Å². The minimum absolute atomic E-state index is 0.0233. The number of fused-ring (bicyclic) bond motifs is 1. The van der Waals surface area contributed by atoms with Crippen molar-refractivity contribution in [3.8, 4) is 5.75 Å². The number of rotatable bonds is 5. The predicted molar refractivity (Wildman–Crippen MR) is 109 cm³/mol. The summed E-state index contributed by atoms with van der Waals surface area (Å²) in [5.41, 5.74) is -1.58. The van der Waals surface area contributed by atoms with Crippen LogP contribution in [0.2, 0.25) is 0 Å². The fourth-order valence-corrected chi connectivity index (χ4v) is 3.92. The molecule has 0 fully saturated rings.